The lowest BCUT2D eigenvalue weighted by Gasteiger charge is -2.04. The lowest BCUT2D eigenvalue weighted by Crippen LogP contribution is -2.14. The first-order valence-corrected chi connectivity index (χ1v) is 7.21. The molecule has 24 heavy (non-hydrogen) atoms. The largest absolute Gasteiger partial charge is 0.292 e. The first-order chi connectivity index (χ1) is 11.4. The Morgan fingerprint density at radius 3 is 2.25 bits per heavy atom. The fraction of sp³-hybridized carbons (Fsp3) is 0.167. The van der Waals surface area contributed by atoms with E-state index < -0.39 is 29.1 Å². The van der Waals surface area contributed by atoms with Crippen molar-refractivity contribution in [2.75, 3.05) is 0 Å². The Morgan fingerprint density at radius 1 is 1.08 bits per heavy atom. The van der Waals surface area contributed by atoms with Crippen LogP contribution in [0.25, 0.3) is 6.08 Å². The van der Waals surface area contributed by atoms with Crippen LogP contribution >= 0.6 is 0 Å². The molecule has 0 radical (unpaired) electrons. The average molecular weight is 332 g/mol. The van der Waals surface area contributed by atoms with E-state index in [4.69, 9.17) is 0 Å². The predicted octanol–water partition coefficient (Wildman–Crippen LogP) is 5.19. The van der Waals surface area contributed by atoms with Gasteiger partial charge in [0.1, 0.15) is 23.5 Å². The molecule has 1 unspecified atom stereocenters. The van der Waals surface area contributed by atoms with Crippen molar-refractivity contribution in [1.82, 2.24) is 0 Å². The summed E-state index contributed by atoms with van der Waals surface area (Å²) >= 11 is 0. The monoisotopic (exact) mass is 332 g/mol. The number of benzene rings is 2. The van der Waals surface area contributed by atoms with Crippen LogP contribution in [0.3, 0.4) is 0 Å². The van der Waals surface area contributed by atoms with Crippen molar-refractivity contribution in [3.8, 4) is 0 Å². The molecule has 0 aliphatic heterocycles. The van der Waals surface area contributed by atoms with Crippen LogP contribution in [0, 0.1) is 17.5 Å². The zero-order valence-corrected chi connectivity index (χ0v) is 13.1. The van der Waals surface area contributed by atoms with Crippen LogP contribution in [-0.4, -0.2) is 11.8 Å². The Kier molecular flexibility index (Phi) is 5.63. The third kappa shape index (κ3) is 4.38. The number of carbonyl (C=O) groups excluding carboxylic acids is 1. The fourth-order valence-corrected chi connectivity index (χ4v) is 2.00. The van der Waals surface area contributed by atoms with Crippen molar-refractivity contribution in [1.29, 1.82) is 0 Å². The molecule has 1 atom stereocenters. The quantitative estimate of drug-likeness (QED) is 0.549. The summed E-state index contributed by atoms with van der Waals surface area (Å²) < 4.78 is 40.0. The van der Waals surface area contributed by atoms with E-state index >= 15 is 0 Å². The number of hydrogen-bond donors (Lipinski definition) is 0. The SMILES string of the molecule is CC(=Cc1c(F)cc(F)cc1F)N=NC(C)C(=O)c1ccccc1. The topological polar surface area (TPSA) is 41.8 Å². The summed E-state index contributed by atoms with van der Waals surface area (Å²) in [6.07, 6.45) is 1.10. The highest BCUT2D eigenvalue weighted by Crippen LogP contribution is 2.18. The molecule has 0 aromatic heterocycles. The lowest BCUT2D eigenvalue weighted by atomic mass is 10.1. The van der Waals surface area contributed by atoms with E-state index in [0.717, 1.165) is 6.08 Å². The van der Waals surface area contributed by atoms with Crippen LogP contribution in [0.15, 0.2) is 58.4 Å². The Hall–Kier alpha value is -2.76. The highest BCUT2D eigenvalue weighted by molar-refractivity contribution is 5.99. The van der Waals surface area contributed by atoms with E-state index in [9.17, 15) is 18.0 Å². The number of halogens is 3. The maximum absolute atomic E-state index is 13.6. The molecule has 6 heteroatoms. The number of azo groups is 1. The zero-order chi connectivity index (χ0) is 17.7. The Balaban J connectivity index is 2.15. The molecule has 0 N–H and O–H groups in total. The summed E-state index contributed by atoms with van der Waals surface area (Å²) in [4.78, 5) is 12.1. The normalized spacial score (nSPS) is 13.3. The molecule has 0 aliphatic carbocycles. The van der Waals surface area contributed by atoms with E-state index in [0.29, 0.717) is 17.7 Å². The standard InChI is InChI=1S/C18H15F3N2O/c1-11(8-15-16(20)9-14(19)10-17(15)21)22-23-12(2)18(24)13-6-4-3-5-7-13/h3-10,12H,1-2H3. The number of Topliss-reactive ketones (excluding diaryl/α,β-unsaturated/α-hetero) is 1. The van der Waals surface area contributed by atoms with Gasteiger partial charge in [-0.3, -0.25) is 4.79 Å². The molecular formula is C18H15F3N2O. The molecular weight excluding hydrogens is 317 g/mol. The average Bonchev–Trinajstić information content (AvgIpc) is 2.56. The van der Waals surface area contributed by atoms with E-state index in [-0.39, 0.29) is 11.5 Å². The molecule has 2 aromatic rings. The minimum atomic E-state index is -1.03. The van der Waals surface area contributed by atoms with Gasteiger partial charge in [-0.15, -0.1) is 0 Å². The predicted molar refractivity (Wildman–Crippen MR) is 85.1 cm³/mol. The maximum atomic E-state index is 13.6. The maximum Gasteiger partial charge on any atom is 0.188 e. The Bertz CT molecular complexity index is 778. The summed E-state index contributed by atoms with van der Waals surface area (Å²) in [5.74, 6) is -3.28. The van der Waals surface area contributed by atoms with Gasteiger partial charge in [-0.25, -0.2) is 13.2 Å². The van der Waals surface area contributed by atoms with E-state index in [1.165, 1.54) is 6.92 Å². The van der Waals surface area contributed by atoms with Crippen molar-refractivity contribution < 1.29 is 18.0 Å². The van der Waals surface area contributed by atoms with Gasteiger partial charge in [-0.1, -0.05) is 30.3 Å². The number of carbonyl (C=O) groups is 1. The van der Waals surface area contributed by atoms with E-state index in [1.807, 2.05) is 0 Å². The van der Waals surface area contributed by atoms with E-state index in [2.05, 4.69) is 10.2 Å². The summed E-state index contributed by atoms with van der Waals surface area (Å²) in [5.41, 5.74) is 0.281. The summed E-state index contributed by atoms with van der Waals surface area (Å²) in [6, 6.07) is 9.04. The molecule has 0 saturated carbocycles. The third-order valence-corrected chi connectivity index (χ3v) is 3.22. The van der Waals surface area contributed by atoms with Crippen LogP contribution < -0.4 is 0 Å². The molecule has 0 heterocycles. The molecule has 0 spiro atoms. The molecule has 0 amide bonds. The van der Waals surface area contributed by atoms with E-state index in [1.54, 1.807) is 37.3 Å². The molecule has 3 nitrogen and oxygen atoms in total. The smallest absolute Gasteiger partial charge is 0.188 e. The first kappa shape index (κ1) is 17.6. The molecule has 2 aromatic carbocycles. The van der Waals surface area contributed by atoms with Gasteiger partial charge in [-0.05, 0) is 19.9 Å². The molecule has 0 aliphatic rings. The summed E-state index contributed by atoms with van der Waals surface area (Å²) in [7, 11) is 0. The van der Waals surface area contributed by atoms with Crippen molar-refractivity contribution >= 4 is 11.9 Å². The summed E-state index contributed by atoms with van der Waals surface area (Å²) in [6.45, 7) is 3.05. The van der Waals surface area contributed by atoms with Crippen LogP contribution in [0.1, 0.15) is 29.8 Å². The number of ketones is 1. The second-order valence-electron chi connectivity index (χ2n) is 5.19. The van der Waals surface area contributed by atoms with Gasteiger partial charge in [0.05, 0.1) is 5.70 Å². The highest BCUT2D eigenvalue weighted by atomic mass is 19.1. The van der Waals surface area contributed by atoms with Crippen molar-refractivity contribution in [2.45, 2.75) is 19.9 Å². The van der Waals surface area contributed by atoms with Gasteiger partial charge in [0.2, 0.25) is 0 Å². The van der Waals surface area contributed by atoms with Gasteiger partial charge in [0.15, 0.2) is 5.78 Å². The van der Waals surface area contributed by atoms with Crippen LogP contribution in [0.5, 0.6) is 0 Å². The number of nitrogens with zero attached hydrogens (tertiary/aromatic N) is 2. The number of allylic oxidation sites excluding steroid dienone is 1. The van der Waals surface area contributed by atoms with Gasteiger partial charge < -0.3 is 0 Å². The Morgan fingerprint density at radius 2 is 1.67 bits per heavy atom. The van der Waals surface area contributed by atoms with Crippen LogP contribution in [0.2, 0.25) is 0 Å². The lowest BCUT2D eigenvalue weighted by molar-refractivity contribution is 0.0966. The number of rotatable bonds is 5. The van der Waals surface area contributed by atoms with Crippen molar-refractivity contribution in [3.05, 3.63) is 76.7 Å². The molecule has 0 saturated heterocycles. The van der Waals surface area contributed by atoms with Crippen LogP contribution in [0.4, 0.5) is 13.2 Å². The fourth-order valence-electron chi connectivity index (χ4n) is 2.00. The Labute approximate surface area is 137 Å². The third-order valence-electron chi connectivity index (χ3n) is 3.22. The first-order valence-electron chi connectivity index (χ1n) is 7.21. The van der Waals surface area contributed by atoms with Crippen molar-refractivity contribution in [2.24, 2.45) is 10.2 Å². The minimum absolute atomic E-state index is 0.187. The molecule has 0 fully saturated rings. The van der Waals surface area contributed by atoms with Gasteiger partial charge >= 0.3 is 0 Å². The van der Waals surface area contributed by atoms with Gasteiger partial charge in [0.25, 0.3) is 0 Å². The second kappa shape index (κ2) is 7.68. The highest BCUT2D eigenvalue weighted by Gasteiger charge is 2.14. The molecule has 0 bridgehead atoms. The molecule has 124 valence electrons. The minimum Gasteiger partial charge on any atom is -0.292 e. The van der Waals surface area contributed by atoms with Crippen molar-refractivity contribution in [3.63, 3.8) is 0 Å². The zero-order valence-electron chi connectivity index (χ0n) is 13.1. The molecule has 2 rings (SSSR count). The summed E-state index contributed by atoms with van der Waals surface area (Å²) in [5, 5.41) is 7.67. The van der Waals surface area contributed by atoms with Gasteiger partial charge in [0, 0.05) is 23.3 Å². The van der Waals surface area contributed by atoms with Gasteiger partial charge in [-0.2, -0.15) is 10.2 Å². The second-order valence-corrected chi connectivity index (χ2v) is 5.19. The van der Waals surface area contributed by atoms with Crippen LogP contribution in [-0.2, 0) is 0 Å². The number of hydrogen-bond acceptors (Lipinski definition) is 3.